The number of esters is 1. The summed E-state index contributed by atoms with van der Waals surface area (Å²) in [6.07, 6.45) is 3.81. The summed E-state index contributed by atoms with van der Waals surface area (Å²) in [6.45, 7) is 3.00. The molecule has 2 fully saturated rings. The fourth-order valence-electron chi connectivity index (χ4n) is 5.62. The molecule has 6 rings (SSSR count). The number of rotatable bonds is 6. The van der Waals surface area contributed by atoms with Gasteiger partial charge >= 0.3 is 12.0 Å². The van der Waals surface area contributed by atoms with Gasteiger partial charge in [-0.1, -0.05) is 24.3 Å². The van der Waals surface area contributed by atoms with E-state index < -0.39 is 23.7 Å². The number of carbonyl (C=O) groups is 2. The Kier molecular flexibility index (Phi) is 7.00. The average molecular weight is 562 g/mol. The number of cyclic esters (lactones) is 1. The van der Waals surface area contributed by atoms with Crippen molar-refractivity contribution in [2.75, 3.05) is 25.0 Å². The first-order chi connectivity index (χ1) is 19.8. The van der Waals surface area contributed by atoms with E-state index in [9.17, 15) is 18.4 Å². The Labute approximate surface area is 234 Å². The Balaban J connectivity index is 1.28. The molecule has 4 heterocycles. The zero-order valence-corrected chi connectivity index (χ0v) is 22.6. The van der Waals surface area contributed by atoms with Crippen LogP contribution in [0.3, 0.4) is 0 Å². The number of para-hydroxylation sites is 1. The van der Waals surface area contributed by atoms with Crippen molar-refractivity contribution in [1.29, 1.82) is 0 Å². The molecule has 0 aliphatic carbocycles. The van der Waals surface area contributed by atoms with E-state index in [2.05, 4.69) is 20.6 Å². The summed E-state index contributed by atoms with van der Waals surface area (Å²) in [4.78, 5) is 27.3. The summed E-state index contributed by atoms with van der Waals surface area (Å²) in [5, 5.41) is 15.1. The average Bonchev–Trinajstić information content (AvgIpc) is 3.74. The number of ether oxygens (including phenoxy) is 1. The molecule has 2 unspecified atom stereocenters. The van der Waals surface area contributed by atoms with Crippen LogP contribution in [0.25, 0.3) is 16.9 Å². The molecule has 10 nitrogen and oxygen atoms in total. The first-order valence-electron chi connectivity index (χ1n) is 13.3. The fourth-order valence-corrected chi connectivity index (χ4v) is 5.62. The number of anilines is 1. The summed E-state index contributed by atoms with van der Waals surface area (Å²) >= 11 is 0. The molecule has 212 valence electrons. The van der Waals surface area contributed by atoms with E-state index in [0.29, 0.717) is 30.2 Å². The van der Waals surface area contributed by atoms with E-state index >= 15 is 0 Å². The van der Waals surface area contributed by atoms with Gasteiger partial charge in [0.2, 0.25) is 0 Å². The number of urea groups is 1. The molecule has 2 aromatic heterocycles. The van der Waals surface area contributed by atoms with Crippen molar-refractivity contribution in [3.8, 4) is 16.9 Å². The molecule has 12 heteroatoms. The number of amides is 2. The number of aromatic nitrogens is 4. The first-order valence-corrected chi connectivity index (χ1v) is 13.3. The minimum Gasteiger partial charge on any atom is -0.464 e. The molecule has 0 saturated carbocycles. The van der Waals surface area contributed by atoms with Crippen molar-refractivity contribution in [3.05, 3.63) is 83.7 Å². The third kappa shape index (κ3) is 5.30. The van der Waals surface area contributed by atoms with E-state index in [0.717, 1.165) is 22.9 Å². The van der Waals surface area contributed by atoms with E-state index in [4.69, 9.17) is 9.84 Å². The van der Waals surface area contributed by atoms with E-state index in [1.807, 2.05) is 50.5 Å². The molecule has 2 saturated heterocycles. The van der Waals surface area contributed by atoms with Crippen molar-refractivity contribution in [3.63, 3.8) is 0 Å². The summed E-state index contributed by atoms with van der Waals surface area (Å²) in [5.74, 6) is -2.01. The van der Waals surface area contributed by atoms with Gasteiger partial charge in [-0.25, -0.2) is 18.3 Å². The highest BCUT2D eigenvalue weighted by atomic mass is 19.2. The Morgan fingerprint density at radius 3 is 2.59 bits per heavy atom. The number of likely N-dealkylation sites (tertiary alicyclic amines) is 1. The van der Waals surface area contributed by atoms with Crippen LogP contribution in [0.2, 0.25) is 0 Å². The Morgan fingerprint density at radius 2 is 1.90 bits per heavy atom. The molecule has 0 radical (unpaired) electrons. The maximum Gasteiger partial charge on any atom is 0.320 e. The Morgan fingerprint density at radius 1 is 1.10 bits per heavy atom. The summed E-state index contributed by atoms with van der Waals surface area (Å²) in [7, 11) is 1.82. The number of hydrogen-bond acceptors (Lipinski definition) is 6. The van der Waals surface area contributed by atoms with Crippen molar-refractivity contribution in [2.45, 2.75) is 31.3 Å². The van der Waals surface area contributed by atoms with Crippen LogP contribution in [-0.4, -0.2) is 68.2 Å². The lowest BCUT2D eigenvalue weighted by atomic mass is 9.94. The molecule has 0 bridgehead atoms. The molecule has 41 heavy (non-hydrogen) atoms. The number of benzene rings is 2. The second kappa shape index (κ2) is 10.8. The fraction of sp³-hybridized carbons (Fsp3) is 0.310. The molecule has 2 amide bonds. The van der Waals surface area contributed by atoms with Gasteiger partial charge in [0.15, 0.2) is 11.6 Å². The molecular formula is C29H29F2N7O3. The van der Waals surface area contributed by atoms with Gasteiger partial charge in [-0.3, -0.25) is 19.7 Å². The molecule has 4 aromatic rings. The zero-order chi connectivity index (χ0) is 28.7. The minimum atomic E-state index is -0.950. The largest absolute Gasteiger partial charge is 0.464 e. The van der Waals surface area contributed by atoms with Gasteiger partial charge in [0, 0.05) is 43.4 Å². The van der Waals surface area contributed by atoms with Gasteiger partial charge in [0.25, 0.3) is 0 Å². The van der Waals surface area contributed by atoms with Gasteiger partial charge in [-0.2, -0.15) is 10.2 Å². The van der Waals surface area contributed by atoms with Crippen LogP contribution in [0.15, 0.2) is 60.9 Å². The third-order valence-corrected chi connectivity index (χ3v) is 7.73. The van der Waals surface area contributed by atoms with Gasteiger partial charge < -0.3 is 10.1 Å². The zero-order valence-electron chi connectivity index (χ0n) is 22.6. The lowest BCUT2D eigenvalue weighted by Crippen LogP contribution is -2.43. The van der Waals surface area contributed by atoms with Gasteiger partial charge in [0.05, 0.1) is 30.4 Å². The van der Waals surface area contributed by atoms with Crippen LogP contribution < -0.4 is 10.6 Å². The number of nitrogens with zero attached hydrogens (tertiary/aromatic N) is 5. The molecule has 2 N–H and O–H groups in total. The van der Waals surface area contributed by atoms with Crippen molar-refractivity contribution >= 4 is 17.8 Å². The van der Waals surface area contributed by atoms with Gasteiger partial charge in [-0.15, -0.1) is 0 Å². The van der Waals surface area contributed by atoms with Gasteiger partial charge in [0.1, 0.15) is 18.1 Å². The number of halogens is 2. The highest BCUT2D eigenvalue weighted by Crippen LogP contribution is 2.33. The molecule has 2 aliphatic rings. The second-order valence-electron chi connectivity index (χ2n) is 10.5. The lowest BCUT2D eigenvalue weighted by molar-refractivity contribution is -0.137. The van der Waals surface area contributed by atoms with E-state index in [1.165, 1.54) is 12.1 Å². The second-order valence-corrected chi connectivity index (χ2v) is 10.5. The monoisotopic (exact) mass is 561 g/mol. The number of carbonyl (C=O) groups excluding carboxylic acids is 2. The lowest BCUT2D eigenvalue weighted by Gasteiger charge is -2.21. The first kappa shape index (κ1) is 26.6. The molecule has 0 spiro atoms. The third-order valence-electron chi connectivity index (χ3n) is 7.73. The predicted molar refractivity (Wildman–Crippen MR) is 146 cm³/mol. The van der Waals surface area contributed by atoms with Crippen molar-refractivity contribution in [2.24, 2.45) is 7.05 Å². The summed E-state index contributed by atoms with van der Waals surface area (Å²) < 4.78 is 36.4. The standard InChI is InChI=1S/C29H29F2N7O3/c1-17-27(19-12-32-36(2)13-19)35-38(20-6-4-3-5-7-20)28(17)34-29(40)33-25-15-37(21-11-26(39)41-16-21)14-22(25)18-8-9-23(30)24(31)10-18/h3-10,12-13,21-22,25H,11,14-16H2,1-2H3,(H2,33,34,40)/t21?,22?,25-/m1/s1. The van der Waals surface area contributed by atoms with Crippen LogP contribution in [-0.2, 0) is 16.6 Å². The van der Waals surface area contributed by atoms with Crippen LogP contribution in [0.1, 0.15) is 23.5 Å². The maximum atomic E-state index is 14.2. The molecule has 3 atom stereocenters. The van der Waals surface area contributed by atoms with Crippen LogP contribution in [0, 0.1) is 18.6 Å². The Hall–Kier alpha value is -4.58. The SMILES string of the molecule is Cc1c(-c2cnn(C)c2)nn(-c2ccccc2)c1NC(=O)N[C@@H]1CN(C2COC(=O)C2)CC1c1ccc(F)c(F)c1. The smallest absolute Gasteiger partial charge is 0.320 e. The van der Waals surface area contributed by atoms with Crippen molar-refractivity contribution in [1.82, 2.24) is 29.8 Å². The number of nitrogens with one attached hydrogen (secondary N) is 2. The van der Waals surface area contributed by atoms with Crippen LogP contribution in [0.5, 0.6) is 0 Å². The normalized spacial score (nSPS) is 20.8. The molecular weight excluding hydrogens is 532 g/mol. The molecule has 2 aromatic carbocycles. The quantitative estimate of drug-likeness (QED) is 0.348. The highest BCUT2D eigenvalue weighted by Gasteiger charge is 2.41. The molecule has 2 aliphatic heterocycles. The van der Waals surface area contributed by atoms with Crippen LogP contribution >= 0.6 is 0 Å². The van der Waals surface area contributed by atoms with E-state index in [1.54, 1.807) is 15.6 Å². The maximum absolute atomic E-state index is 14.2. The predicted octanol–water partition coefficient (Wildman–Crippen LogP) is 3.76. The summed E-state index contributed by atoms with van der Waals surface area (Å²) in [6, 6.07) is 12.2. The van der Waals surface area contributed by atoms with Crippen LogP contribution in [0.4, 0.5) is 19.4 Å². The van der Waals surface area contributed by atoms with Crippen molar-refractivity contribution < 1.29 is 23.1 Å². The minimum absolute atomic E-state index is 0.144. The topological polar surface area (TPSA) is 106 Å². The number of aryl methyl sites for hydroxylation is 1. The summed E-state index contributed by atoms with van der Waals surface area (Å²) in [5.41, 5.74) is 3.56. The highest BCUT2D eigenvalue weighted by molar-refractivity contribution is 5.91. The number of hydrogen-bond donors (Lipinski definition) is 2. The Bertz CT molecular complexity index is 1600. The van der Waals surface area contributed by atoms with E-state index in [-0.39, 0.29) is 31.0 Å². The van der Waals surface area contributed by atoms with Gasteiger partial charge in [-0.05, 0) is 36.8 Å².